The van der Waals surface area contributed by atoms with E-state index in [4.69, 9.17) is 5.73 Å². The van der Waals surface area contributed by atoms with Gasteiger partial charge in [-0.1, -0.05) is 0 Å². The van der Waals surface area contributed by atoms with Crippen LogP contribution in [0.4, 0.5) is 5.69 Å². The van der Waals surface area contributed by atoms with Crippen LogP contribution < -0.4 is 5.73 Å². The van der Waals surface area contributed by atoms with Gasteiger partial charge >= 0.3 is 0 Å². The highest BCUT2D eigenvalue weighted by molar-refractivity contribution is 6.03. The number of pyridine rings is 1. The van der Waals surface area contributed by atoms with E-state index in [0.29, 0.717) is 11.3 Å². The van der Waals surface area contributed by atoms with E-state index in [2.05, 4.69) is 4.98 Å². The van der Waals surface area contributed by atoms with Crippen LogP contribution in [0.25, 0.3) is 11.3 Å². The monoisotopic (exact) mass is 229 g/mol. The highest BCUT2D eigenvalue weighted by Crippen LogP contribution is 2.32. The lowest BCUT2D eigenvalue weighted by atomic mass is 10.1. The van der Waals surface area contributed by atoms with Crippen molar-refractivity contribution in [3.63, 3.8) is 0 Å². The van der Waals surface area contributed by atoms with Crippen LogP contribution in [0.3, 0.4) is 0 Å². The summed E-state index contributed by atoms with van der Waals surface area (Å²) in [7, 11) is 1.91. The van der Waals surface area contributed by atoms with Crippen LogP contribution in [-0.4, -0.2) is 15.3 Å². The number of carbonyl (C=O) groups excluding carboxylic acids is 1. The minimum atomic E-state index is -0.00379. The molecular formula is C13H15N3O. The third-order valence-electron chi connectivity index (χ3n) is 3.03. The molecular weight excluding hydrogens is 214 g/mol. The van der Waals surface area contributed by atoms with Gasteiger partial charge in [-0.2, -0.15) is 0 Å². The number of hydrogen-bond donors (Lipinski definition) is 1. The van der Waals surface area contributed by atoms with Crippen molar-refractivity contribution in [1.82, 2.24) is 9.55 Å². The molecule has 0 aliphatic rings. The summed E-state index contributed by atoms with van der Waals surface area (Å²) < 4.78 is 1.95. The summed E-state index contributed by atoms with van der Waals surface area (Å²) >= 11 is 0. The molecule has 0 fully saturated rings. The summed E-state index contributed by atoms with van der Waals surface area (Å²) in [5, 5.41) is 0. The molecule has 0 atom stereocenters. The van der Waals surface area contributed by atoms with Gasteiger partial charge in [-0.3, -0.25) is 9.78 Å². The van der Waals surface area contributed by atoms with E-state index < -0.39 is 0 Å². The molecule has 2 N–H and O–H groups in total. The Hall–Kier alpha value is -2.10. The first kappa shape index (κ1) is 11.4. The van der Waals surface area contributed by atoms with Gasteiger partial charge in [-0.05, 0) is 26.0 Å². The number of nitrogens with zero attached hydrogens (tertiary/aromatic N) is 2. The Morgan fingerprint density at radius 2 is 1.94 bits per heavy atom. The molecule has 0 radical (unpaired) electrons. The van der Waals surface area contributed by atoms with E-state index in [1.54, 1.807) is 12.4 Å². The first-order chi connectivity index (χ1) is 8.04. The van der Waals surface area contributed by atoms with Gasteiger partial charge < -0.3 is 10.3 Å². The molecule has 2 rings (SSSR count). The van der Waals surface area contributed by atoms with E-state index in [1.807, 2.05) is 30.7 Å². The molecule has 0 aromatic carbocycles. The average molecular weight is 229 g/mol. The number of Topliss-reactive ketones (excluding diaryl/α,β-unsaturated/α-hetero) is 1. The predicted octanol–water partition coefficient (Wildman–Crippen LogP) is 2.18. The largest absolute Gasteiger partial charge is 0.396 e. The smallest absolute Gasteiger partial charge is 0.163 e. The number of carbonyl (C=O) groups is 1. The van der Waals surface area contributed by atoms with Crippen LogP contribution in [0.5, 0.6) is 0 Å². The maximum absolute atomic E-state index is 11.6. The van der Waals surface area contributed by atoms with Crippen molar-refractivity contribution in [3.8, 4) is 11.3 Å². The Kier molecular flexibility index (Phi) is 2.71. The van der Waals surface area contributed by atoms with Gasteiger partial charge in [-0.25, -0.2) is 0 Å². The standard InChI is InChI=1S/C13H15N3O/c1-8-11(9(2)17)12(14)13(16(8)3)10-4-6-15-7-5-10/h4-7H,14H2,1-3H3. The maximum atomic E-state index is 11.6. The van der Waals surface area contributed by atoms with Gasteiger partial charge in [0.05, 0.1) is 16.9 Å². The normalized spacial score (nSPS) is 10.5. The Bertz CT molecular complexity index is 570. The molecule has 4 nitrogen and oxygen atoms in total. The number of nitrogen functional groups attached to an aromatic ring is 1. The molecule has 0 aliphatic heterocycles. The van der Waals surface area contributed by atoms with Crippen molar-refractivity contribution >= 4 is 11.5 Å². The molecule has 0 unspecified atom stereocenters. The summed E-state index contributed by atoms with van der Waals surface area (Å²) in [5.41, 5.74) is 9.96. The van der Waals surface area contributed by atoms with Crippen LogP contribution in [0.1, 0.15) is 23.0 Å². The highest BCUT2D eigenvalue weighted by atomic mass is 16.1. The zero-order valence-corrected chi connectivity index (χ0v) is 10.2. The third-order valence-corrected chi connectivity index (χ3v) is 3.03. The summed E-state index contributed by atoms with van der Waals surface area (Å²) in [5.74, 6) is -0.00379. The molecule has 4 heteroatoms. The van der Waals surface area contributed by atoms with Crippen LogP contribution in [0.15, 0.2) is 24.5 Å². The first-order valence-electron chi connectivity index (χ1n) is 5.40. The third kappa shape index (κ3) is 1.71. The van der Waals surface area contributed by atoms with Crippen LogP contribution in [0, 0.1) is 6.92 Å². The summed E-state index contributed by atoms with van der Waals surface area (Å²) in [6.45, 7) is 3.44. The second-order valence-electron chi connectivity index (χ2n) is 4.07. The predicted molar refractivity (Wildman–Crippen MR) is 67.8 cm³/mol. The lowest BCUT2D eigenvalue weighted by Crippen LogP contribution is -1.98. The fraction of sp³-hybridized carbons (Fsp3) is 0.231. The quantitative estimate of drug-likeness (QED) is 0.803. The number of nitrogens with two attached hydrogens (primary N) is 1. The average Bonchev–Trinajstić information content (AvgIpc) is 2.51. The molecule has 0 spiro atoms. The van der Waals surface area contributed by atoms with Crippen molar-refractivity contribution in [2.75, 3.05) is 5.73 Å². The van der Waals surface area contributed by atoms with E-state index in [9.17, 15) is 4.79 Å². The van der Waals surface area contributed by atoms with Crippen LogP contribution >= 0.6 is 0 Å². The molecule has 88 valence electrons. The molecule has 0 bridgehead atoms. The summed E-state index contributed by atoms with van der Waals surface area (Å²) in [6.07, 6.45) is 3.43. The van der Waals surface area contributed by atoms with Crippen molar-refractivity contribution in [2.45, 2.75) is 13.8 Å². The van der Waals surface area contributed by atoms with E-state index >= 15 is 0 Å². The number of aromatic nitrogens is 2. The van der Waals surface area contributed by atoms with E-state index in [-0.39, 0.29) is 5.78 Å². The molecule has 2 aromatic rings. The number of hydrogen-bond acceptors (Lipinski definition) is 3. The fourth-order valence-corrected chi connectivity index (χ4v) is 2.13. The van der Waals surface area contributed by atoms with Gasteiger partial charge in [0.1, 0.15) is 0 Å². The number of anilines is 1. The minimum Gasteiger partial charge on any atom is -0.396 e. The number of rotatable bonds is 2. The van der Waals surface area contributed by atoms with Crippen molar-refractivity contribution in [3.05, 3.63) is 35.8 Å². The molecule has 0 saturated carbocycles. The molecule has 0 aliphatic carbocycles. The number of ketones is 1. The molecule has 0 amide bonds. The van der Waals surface area contributed by atoms with Crippen molar-refractivity contribution < 1.29 is 4.79 Å². The Labute approximate surface area is 100 Å². The fourth-order valence-electron chi connectivity index (χ4n) is 2.13. The second kappa shape index (κ2) is 4.05. The molecule has 2 aromatic heterocycles. The topological polar surface area (TPSA) is 60.9 Å². The highest BCUT2D eigenvalue weighted by Gasteiger charge is 2.19. The summed E-state index contributed by atoms with van der Waals surface area (Å²) in [6, 6.07) is 3.77. The zero-order valence-electron chi connectivity index (χ0n) is 10.2. The minimum absolute atomic E-state index is 0.00379. The van der Waals surface area contributed by atoms with Gasteiger partial charge in [0, 0.05) is 30.7 Å². The summed E-state index contributed by atoms with van der Waals surface area (Å²) in [4.78, 5) is 15.6. The zero-order chi connectivity index (χ0) is 12.6. The van der Waals surface area contributed by atoms with Gasteiger partial charge in [0.15, 0.2) is 5.78 Å². The molecule has 0 saturated heterocycles. The lowest BCUT2D eigenvalue weighted by molar-refractivity contribution is 0.101. The first-order valence-corrected chi connectivity index (χ1v) is 5.40. The molecule has 17 heavy (non-hydrogen) atoms. The van der Waals surface area contributed by atoms with Crippen LogP contribution in [-0.2, 0) is 7.05 Å². The van der Waals surface area contributed by atoms with Crippen LogP contribution in [0.2, 0.25) is 0 Å². The SMILES string of the molecule is CC(=O)c1c(N)c(-c2ccncc2)n(C)c1C. The van der Waals surface area contributed by atoms with E-state index in [0.717, 1.165) is 17.0 Å². The van der Waals surface area contributed by atoms with E-state index in [1.165, 1.54) is 6.92 Å². The van der Waals surface area contributed by atoms with Gasteiger partial charge in [0.25, 0.3) is 0 Å². The van der Waals surface area contributed by atoms with Gasteiger partial charge in [-0.15, -0.1) is 0 Å². The maximum Gasteiger partial charge on any atom is 0.163 e. The Morgan fingerprint density at radius 3 is 2.41 bits per heavy atom. The lowest BCUT2D eigenvalue weighted by Gasteiger charge is -2.05. The Balaban J connectivity index is 2.72. The Morgan fingerprint density at radius 1 is 1.35 bits per heavy atom. The molecule has 2 heterocycles. The second-order valence-corrected chi connectivity index (χ2v) is 4.07. The van der Waals surface area contributed by atoms with Crippen molar-refractivity contribution in [1.29, 1.82) is 0 Å². The van der Waals surface area contributed by atoms with Gasteiger partial charge in [0.2, 0.25) is 0 Å². The van der Waals surface area contributed by atoms with Crippen molar-refractivity contribution in [2.24, 2.45) is 7.05 Å².